The standard InChI is InChI=1S/C10H14.C7H14O2.C6H12O2.C6H12O/c1-9(2)8-10-6-4-3-5-7-10;1-6(2)4-5-7(8)9-3;1-5(2)3-4-6(7)8;1-5(2)4-6(3)7/h3-7,9H,8H2,1-2H3;6H,4-5H2,1-3H3;5H,3-4H2,1-2H3,(H,7,8);5,7H,3-4H2,1-2H3. The van der Waals surface area contributed by atoms with Crippen molar-refractivity contribution in [1.82, 2.24) is 0 Å². The van der Waals surface area contributed by atoms with E-state index in [2.05, 4.69) is 69.3 Å². The fourth-order valence-corrected chi connectivity index (χ4v) is 2.48. The lowest BCUT2D eigenvalue weighted by atomic mass is 10.0. The molecule has 0 bridgehead atoms. The number of allylic oxidation sites excluding steroid dienone is 1. The maximum Gasteiger partial charge on any atom is 0.305 e. The first-order valence-electron chi connectivity index (χ1n) is 12.4. The summed E-state index contributed by atoms with van der Waals surface area (Å²) in [6, 6.07) is 10.6. The molecule has 0 fully saturated rings. The highest BCUT2D eigenvalue weighted by Crippen LogP contribution is 2.06. The van der Waals surface area contributed by atoms with E-state index >= 15 is 0 Å². The van der Waals surface area contributed by atoms with Crippen molar-refractivity contribution in [3.63, 3.8) is 0 Å². The normalized spacial score (nSPS) is 9.91. The van der Waals surface area contributed by atoms with Crippen molar-refractivity contribution in [3.05, 3.63) is 48.2 Å². The minimum Gasteiger partial charge on any atom is -0.513 e. The monoisotopic (exact) mass is 480 g/mol. The molecule has 0 unspecified atom stereocenters. The second-order valence-corrected chi connectivity index (χ2v) is 10.1. The predicted molar refractivity (Wildman–Crippen MR) is 144 cm³/mol. The molecule has 0 radical (unpaired) electrons. The number of carboxylic acids is 1. The van der Waals surface area contributed by atoms with Gasteiger partial charge in [-0.05, 0) is 48.5 Å². The molecule has 5 heteroatoms. The first-order chi connectivity index (χ1) is 15.7. The average Bonchev–Trinajstić information content (AvgIpc) is 2.71. The Bertz CT molecular complexity index is 619. The van der Waals surface area contributed by atoms with Crippen LogP contribution in [0.4, 0.5) is 0 Å². The predicted octanol–water partition coefficient (Wildman–Crippen LogP) is 8.09. The molecule has 0 saturated heterocycles. The van der Waals surface area contributed by atoms with Gasteiger partial charge in [-0.1, -0.05) is 92.3 Å². The van der Waals surface area contributed by atoms with Gasteiger partial charge >= 0.3 is 11.9 Å². The number of hydrogen-bond acceptors (Lipinski definition) is 4. The minimum atomic E-state index is -0.696. The number of aliphatic carboxylic acids is 1. The van der Waals surface area contributed by atoms with E-state index in [9.17, 15) is 9.59 Å². The molecule has 34 heavy (non-hydrogen) atoms. The summed E-state index contributed by atoms with van der Waals surface area (Å²) < 4.78 is 4.46. The van der Waals surface area contributed by atoms with Crippen LogP contribution in [0.5, 0.6) is 0 Å². The third-order valence-corrected chi connectivity index (χ3v) is 4.22. The Morgan fingerprint density at radius 3 is 1.53 bits per heavy atom. The van der Waals surface area contributed by atoms with Gasteiger partial charge in [0.15, 0.2) is 0 Å². The first-order valence-corrected chi connectivity index (χ1v) is 12.4. The van der Waals surface area contributed by atoms with Crippen molar-refractivity contribution in [2.75, 3.05) is 7.11 Å². The highest BCUT2D eigenvalue weighted by Gasteiger charge is 2.01. The number of carbonyl (C=O) groups is 2. The number of aliphatic hydroxyl groups excluding tert-OH is 1. The summed E-state index contributed by atoms with van der Waals surface area (Å²) in [5.74, 6) is 1.87. The number of benzene rings is 1. The van der Waals surface area contributed by atoms with Gasteiger partial charge in [0.1, 0.15) is 0 Å². The molecule has 0 aliphatic carbocycles. The van der Waals surface area contributed by atoms with Gasteiger partial charge < -0.3 is 14.9 Å². The zero-order valence-electron chi connectivity index (χ0n) is 23.3. The fraction of sp³-hybridized carbons (Fsp3) is 0.655. The molecule has 1 aromatic rings. The molecule has 0 heterocycles. The molecule has 1 aromatic carbocycles. The average molecular weight is 481 g/mol. The molecule has 0 amide bonds. The Balaban J connectivity index is -0.000000381. The van der Waals surface area contributed by atoms with E-state index in [0.717, 1.165) is 25.2 Å². The molecule has 5 nitrogen and oxygen atoms in total. The molecule has 2 N–H and O–H groups in total. The van der Waals surface area contributed by atoms with Crippen LogP contribution < -0.4 is 0 Å². The lowest BCUT2D eigenvalue weighted by molar-refractivity contribution is -0.141. The van der Waals surface area contributed by atoms with Crippen LogP contribution in [-0.4, -0.2) is 29.3 Å². The van der Waals surface area contributed by atoms with Gasteiger partial charge in [-0.25, -0.2) is 0 Å². The van der Waals surface area contributed by atoms with Crippen molar-refractivity contribution in [3.8, 4) is 0 Å². The quantitative estimate of drug-likeness (QED) is 0.261. The lowest BCUT2D eigenvalue weighted by Crippen LogP contribution is -2.01. The Kier molecular flexibility index (Phi) is 25.4. The number of esters is 1. The van der Waals surface area contributed by atoms with E-state index in [0.29, 0.717) is 30.6 Å². The summed E-state index contributed by atoms with van der Waals surface area (Å²) in [6.45, 7) is 20.1. The maximum atomic E-state index is 10.5. The van der Waals surface area contributed by atoms with Gasteiger partial charge in [0, 0.05) is 19.3 Å². The number of hydrogen-bond donors (Lipinski definition) is 2. The van der Waals surface area contributed by atoms with Crippen LogP contribution in [-0.2, 0) is 20.7 Å². The second-order valence-electron chi connectivity index (χ2n) is 10.1. The lowest BCUT2D eigenvalue weighted by Gasteiger charge is -2.02. The molecule has 0 aliphatic heterocycles. The molecular weight excluding hydrogens is 428 g/mol. The van der Waals surface area contributed by atoms with Crippen LogP contribution in [0.25, 0.3) is 0 Å². The number of carbonyl (C=O) groups excluding carboxylic acids is 1. The summed E-state index contributed by atoms with van der Waals surface area (Å²) in [6.07, 6.45) is 4.48. The van der Waals surface area contributed by atoms with Crippen LogP contribution in [0.1, 0.15) is 93.1 Å². The van der Waals surface area contributed by atoms with Crippen molar-refractivity contribution in [2.24, 2.45) is 23.7 Å². The molecule has 0 spiro atoms. The number of ether oxygens (including phenoxy) is 1. The molecule has 0 atom stereocenters. The summed E-state index contributed by atoms with van der Waals surface area (Å²) >= 11 is 0. The molecular formula is C29H52O5. The smallest absolute Gasteiger partial charge is 0.305 e. The van der Waals surface area contributed by atoms with E-state index < -0.39 is 5.97 Å². The number of aliphatic hydroxyl groups is 1. The van der Waals surface area contributed by atoms with Gasteiger partial charge in [-0.15, -0.1) is 0 Å². The van der Waals surface area contributed by atoms with Crippen molar-refractivity contribution >= 4 is 11.9 Å². The number of rotatable bonds is 10. The molecule has 198 valence electrons. The minimum absolute atomic E-state index is 0.108. The Labute approximate surface area is 209 Å². The van der Waals surface area contributed by atoms with Gasteiger partial charge in [-0.2, -0.15) is 0 Å². The molecule has 0 aliphatic rings. The van der Waals surface area contributed by atoms with Crippen LogP contribution >= 0.6 is 0 Å². The van der Waals surface area contributed by atoms with Crippen molar-refractivity contribution in [2.45, 2.75) is 93.9 Å². The summed E-state index contributed by atoms with van der Waals surface area (Å²) in [7, 11) is 1.42. The summed E-state index contributed by atoms with van der Waals surface area (Å²) in [5, 5.41) is 16.7. The van der Waals surface area contributed by atoms with E-state index in [1.807, 2.05) is 27.7 Å². The zero-order chi connectivity index (χ0) is 27.1. The Morgan fingerprint density at radius 2 is 1.26 bits per heavy atom. The van der Waals surface area contributed by atoms with Gasteiger partial charge in [0.25, 0.3) is 0 Å². The van der Waals surface area contributed by atoms with Crippen molar-refractivity contribution < 1.29 is 24.5 Å². The van der Waals surface area contributed by atoms with E-state index in [-0.39, 0.29) is 11.7 Å². The van der Waals surface area contributed by atoms with Gasteiger partial charge in [0.05, 0.1) is 12.9 Å². The SMILES string of the molecule is C=C(O)CC(C)C.CC(C)CCC(=O)O.CC(C)Cc1ccccc1.COC(=O)CCC(C)C. The van der Waals surface area contributed by atoms with E-state index in [1.165, 1.54) is 19.1 Å². The second kappa shape index (κ2) is 23.8. The van der Waals surface area contributed by atoms with Crippen LogP contribution in [0, 0.1) is 23.7 Å². The Hall–Kier alpha value is -2.30. The highest BCUT2D eigenvalue weighted by molar-refractivity contribution is 5.69. The summed E-state index contributed by atoms with van der Waals surface area (Å²) in [5.41, 5.74) is 1.44. The van der Waals surface area contributed by atoms with Crippen LogP contribution in [0.2, 0.25) is 0 Å². The number of methoxy groups -OCH3 is 1. The van der Waals surface area contributed by atoms with E-state index in [1.54, 1.807) is 0 Å². The van der Waals surface area contributed by atoms with Crippen LogP contribution in [0.3, 0.4) is 0 Å². The number of carboxylic acid groups (broad SMARTS) is 1. The fourth-order valence-electron chi connectivity index (χ4n) is 2.48. The first kappa shape index (κ1) is 36.3. The van der Waals surface area contributed by atoms with Gasteiger partial charge in [-0.3, -0.25) is 9.59 Å². The Morgan fingerprint density at radius 1 is 0.794 bits per heavy atom. The topological polar surface area (TPSA) is 83.8 Å². The highest BCUT2D eigenvalue weighted by atomic mass is 16.5. The molecule has 0 saturated carbocycles. The van der Waals surface area contributed by atoms with Crippen LogP contribution in [0.15, 0.2) is 42.7 Å². The maximum absolute atomic E-state index is 10.5. The third-order valence-electron chi connectivity index (χ3n) is 4.22. The third kappa shape index (κ3) is 37.0. The van der Waals surface area contributed by atoms with E-state index in [4.69, 9.17) is 10.2 Å². The molecule has 0 aromatic heterocycles. The largest absolute Gasteiger partial charge is 0.513 e. The molecule has 1 rings (SSSR count). The summed E-state index contributed by atoms with van der Waals surface area (Å²) in [4.78, 5) is 20.4. The van der Waals surface area contributed by atoms with Gasteiger partial charge in [0.2, 0.25) is 0 Å². The zero-order valence-corrected chi connectivity index (χ0v) is 23.3. The van der Waals surface area contributed by atoms with Crippen molar-refractivity contribution in [1.29, 1.82) is 0 Å².